The number of ether oxygens (including phenoxy) is 2. The van der Waals surface area contributed by atoms with Gasteiger partial charge in [-0.05, 0) is 17.5 Å². The highest BCUT2D eigenvalue weighted by Crippen LogP contribution is 2.70. The molecule has 0 radical (unpaired) electrons. The summed E-state index contributed by atoms with van der Waals surface area (Å²) in [7, 11) is 2.87. The smallest absolute Gasteiger partial charge is 0.409 e. The van der Waals surface area contributed by atoms with E-state index in [2.05, 4.69) is 22.5 Å². The number of Topliss-reactive ketones (excluding diaryl/α,β-unsaturated/α-hetero) is 1. The van der Waals surface area contributed by atoms with Crippen LogP contribution in [0.2, 0.25) is 0 Å². The number of benzene rings is 1. The molecule has 158 valence electrons. The predicted molar refractivity (Wildman–Crippen MR) is 112 cm³/mol. The Morgan fingerprint density at radius 3 is 2.73 bits per heavy atom. The first kappa shape index (κ1) is 19.8. The Labute approximate surface area is 183 Å². The quantitative estimate of drug-likeness (QED) is 0.382. The maximum Gasteiger partial charge on any atom is 0.409 e. The molecule has 1 saturated heterocycles. The van der Waals surface area contributed by atoms with Crippen molar-refractivity contribution in [1.29, 1.82) is 0 Å². The molecule has 2 heterocycles. The Kier molecular flexibility index (Phi) is 4.22. The van der Waals surface area contributed by atoms with Crippen molar-refractivity contribution in [3.63, 3.8) is 0 Å². The number of likely N-dealkylation sites (tertiary alicyclic amines) is 1. The lowest BCUT2D eigenvalue weighted by atomic mass is 9.53. The molecule has 30 heavy (non-hydrogen) atoms. The molecule has 1 aromatic carbocycles. The number of rotatable bonds is 3. The fraction of sp³-hybridized carbons (Fsp3) is 0.500. The van der Waals surface area contributed by atoms with Crippen molar-refractivity contribution in [2.75, 3.05) is 32.4 Å². The van der Waals surface area contributed by atoms with Crippen molar-refractivity contribution in [2.45, 2.75) is 22.7 Å². The number of para-hydroxylation sites is 1. The Hall–Kier alpha value is -2.19. The van der Waals surface area contributed by atoms with Crippen LogP contribution in [0.4, 0.5) is 10.5 Å². The first-order valence-corrected chi connectivity index (χ1v) is 10.9. The molecule has 3 fully saturated rings. The Morgan fingerprint density at radius 1 is 1.33 bits per heavy atom. The monoisotopic (exact) mass is 474 g/mol. The van der Waals surface area contributed by atoms with Crippen molar-refractivity contribution in [2.24, 2.45) is 17.3 Å². The van der Waals surface area contributed by atoms with E-state index in [1.165, 1.54) is 14.2 Å². The van der Waals surface area contributed by atoms with Crippen LogP contribution in [0, 0.1) is 17.3 Å². The van der Waals surface area contributed by atoms with Crippen LogP contribution < -0.4 is 4.90 Å². The Balaban J connectivity index is 1.78. The van der Waals surface area contributed by atoms with E-state index in [0.29, 0.717) is 17.8 Å². The summed E-state index contributed by atoms with van der Waals surface area (Å²) < 4.78 is 10.3. The topological polar surface area (TPSA) is 76.2 Å². The molecular weight excluding hydrogens is 452 g/mol. The number of fused-ring (bicyclic) bond motifs is 2. The second-order valence-corrected chi connectivity index (χ2v) is 9.59. The number of hydrogen-bond acceptors (Lipinski definition) is 5. The maximum atomic E-state index is 14.0. The second kappa shape index (κ2) is 6.40. The van der Waals surface area contributed by atoms with Gasteiger partial charge in [-0.25, -0.2) is 4.79 Å². The van der Waals surface area contributed by atoms with E-state index in [1.54, 1.807) is 9.80 Å². The van der Waals surface area contributed by atoms with Gasteiger partial charge in [0.05, 0.1) is 18.8 Å². The second-order valence-electron chi connectivity index (χ2n) is 8.54. The van der Waals surface area contributed by atoms with Gasteiger partial charge in [0, 0.05) is 36.2 Å². The summed E-state index contributed by atoms with van der Waals surface area (Å²) in [5.74, 6) is -0.818. The lowest BCUT2D eigenvalue weighted by Crippen LogP contribution is -2.59. The summed E-state index contributed by atoms with van der Waals surface area (Å²) in [4.78, 5) is 43.5. The van der Waals surface area contributed by atoms with Crippen LogP contribution in [0.1, 0.15) is 12.0 Å². The van der Waals surface area contributed by atoms with E-state index in [-0.39, 0.29) is 41.6 Å². The van der Waals surface area contributed by atoms with Crippen LogP contribution in [-0.2, 0) is 24.5 Å². The molecule has 8 heteroatoms. The lowest BCUT2D eigenvalue weighted by Gasteiger charge is -2.47. The zero-order valence-electron chi connectivity index (χ0n) is 16.8. The van der Waals surface area contributed by atoms with Crippen molar-refractivity contribution < 1.29 is 23.9 Å². The third kappa shape index (κ3) is 1.97. The normalized spacial score (nSPS) is 38.4. The van der Waals surface area contributed by atoms with E-state index in [1.807, 2.05) is 30.3 Å². The Bertz CT molecular complexity index is 982. The van der Waals surface area contributed by atoms with Gasteiger partial charge in [-0.1, -0.05) is 40.2 Å². The van der Waals surface area contributed by atoms with Gasteiger partial charge in [-0.2, -0.15) is 0 Å². The van der Waals surface area contributed by atoms with E-state index >= 15 is 0 Å². The van der Waals surface area contributed by atoms with E-state index in [4.69, 9.17) is 9.47 Å². The summed E-state index contributed by atoms with van der Waals surface area (Å²) >= 11 is 3.78. The highest BCUT2D eigenvalue weighted by Gasteiger charge is 2.80. The van der Waals surface area contributed by atoms with Gasteiger partial charge in [-0.3, -0.25) is 14.5 Å². The van der Waals surface area contributed by atoms with Gasteiger partial charge in [0.25, 0.3) is 0 Å². The molecule has 2 saturated carbocycles. The van der Waals surface area contributed by atoms with Gasteiger partial charge < -0.3 is 14.4 Å². The van der Waals surface area contributed by atoms with Crippen molar-refractivity contribution in [1.82, 2.24) is 4.90 Å². The molecule has 2 aliphatic carbocycles. The molecule has 5 rings (SSSR count). The Morgan fingerprint density at radius 2 is 2.07 bits per heavy atom. The van der Waals surface area contributed by atoms with Crippen molar-refractivity contribution >= 4 is 39.4 Å². The lowest BCUT2D eigenvalue weighted by molar-refractivity contribution is -0.142. The fourth-order valence-electron chi connectivity index (χ4n) is 6.68. The number of anilines is 1. The number of hydrogen-bond donors (Lipinski definition) is 0. The number of carbonyl (C=O) groups is 3. The number of piperidine rings is 1. The summed E-state index contributed by atoms with van der Waals surface area (Å²) in [5.41, 5.74) is -0.537. The first-order valence-electron chi connectivity index (χ1n) is 9.96. The molecule has 6 atom stereocenters. The van der Waals surface area contributed by atoms with Crippen molar-refractivity contribution in [3.8, 4) is 0 Å². The van der Waals surface area contributed by atoms with E-state index in [0.717, 1.165) is 0 Å². The molecular formula is C22H23BrN2O5. The molecule has 0 aromatic heterocycles. The summed E-state index contributed by atoms with van der Waals surface area (Å²) in [5, 5.41) is 0. The average molecular weight is 475 g/mol. The molecule has 2 aliphatic heterocycles. The number of methoxy groups -OCH3 is 2. The summed E-state index contributed by atoms with van der Waals surface area (Å²) in [6.07, 6.45) is 1.67. The average Bonchev–Trinajstić information content (AvgIpc) is 3.28. The maximum absolute atomic E-state index is 14.0. The molecule has 4 aliphatic rings. The number of halogens is 1. The minimum Gasteiger partial charge on any atom is -0.453 e. The summed E-state index contributed by atoms with van der Waals surface area (Å²) in [6, 6.07) is 7.06. The third-order valence-corrected chi connectivity index (χ3v) is 8.87. The van der Waals surface area contributed by atoms with Crippen LogP contribution >= 0.6 is 15.9 Å². The predicted octanol–water partition coefficient (Wildman–Crippen LogP) is 2.48. The standard InChI is InChI=1S/C22H23BrN2O5/c1-4-21-10-24(20(28)30-3)17-16(23)13(21)9-15(26)22(18(17)21)12-7-5-6-8-14(12)25(11-29-2)19(22)27/h4-8,13,16-18H,1,9-11H2,2-3H3/t13-,16-,17-,18+,21+,22-/m1/s1. The van der Waals surface area contributed by atoms with Crippen LogP contribution in [0.15, 0.2) is 36.9 Å². The zero-order valence-corrected chi connectivity index (χ0v) is 18.4. The van der Waals surface area contributed by atoms with Crippen LogP contribution in [0.25, 0.3) is 0 Å². The number of carbonyl (C=O) groups excluding carboxylic acids is 3. The minimum absolute atomic E-state index is 0.0273. The third-order valence-electron chi connectivity index (χ3n) is 7.69. The van der Waals surface area contributed by atoms with Gasteiger partial charge in [0.15, 0.2) is 5.78 Å². The summed E-state index contributed by atoms with van der Waals surface area (Å²) in [6.45, 7) is 4.55. The molecule has 2 amide bonds. The molecule has 1 aromatic rings. The van der Waals surface area contributed by atoms with Crippen LogP contribution in [-0.4, -0.2) is 61.0 Å². The highest BCUT2D eigenvalue weighted by molar-refractivity contribution is 9.09. The number of ketones is 1. The van der Waals surface area contributed by atoms with Gasteiger partial charge >= 0.3 is 6.09 Å². The highest BCUT2D eigenvalue weighted by atomic mass is 79.9. The number of amides is 2. The zero-order chi connectivity index (χ0) is 21.4. The fourth-order valence-corrected chi connectivity index (χ4v) is 7.95. The van der Waals surface area contributed by atoms with Crippen LogP contribution in [0.3, 0.4) is 0 Å². The largest absolute Gasteiger partial charge is 0.453 e. The molecule has 4 bridgehead atoms. The molecule has 0 unspecified atom stereocenters. The van der Waals surface area contributed by atoms with Crippen LogP contribution in [0.5, 0.6) is 0 Å². The SMILES string of the molecule is C=C[C@]12CN(C(=O)OC)[C@@H]3[C@H](Br)[C@H]1CC(=O)[C@@]1(C(=O)N(COC)c4ccccc41)[C@@H]32. The molecule has 1 spiro atoms. The molecule has 0 N–H and O–H groups in total. The van der Waals surface area contributed by atoms with E-state index in [9.17, 15) is 14.4 Å². The number of nitrogens with zero attached hydrogens (tertiary/aromatic N) is 2. The number of alkyl halides is 1. The van der Waals surface area contributed by atoms with Gasteiger partial charge in [0.2, 0.25) is 5.91 Å². The van der Waals surface area contributed by atoms with Gasteiger partial charge in [0.1, 0.15) is 12.1 Å². The first-order chi connectivity index (χ1) is 14.4. The minimum atomic E-state index is -1.37. The van der Waals surface area contributed by atoms with Crippen molar-refractivity contribution in [3.05, 3.63) is 42.5 Å². The van der Waals surface area contributed by atoms with Gasteiger partial charge in [-0.15, -0.1) is 6.58 Å². The van der Waals surface area contributed by atoms with E-state index < -0.39 is 22.8 Å². The molecule has 7 nitrogen and oxygen atoms in total.